The van der Waals surface area contributed by atoms with Crippen LogP contribution in [-0.4, -0.2) is 57.6 Å². The van der Waals surface area contributed by atoms with Crippen molar-refractivity contribution in [3.05, 3.63) is 71.4 Å². The number of hydrogen-bond acceptors (Lipinski definition) is 5. The third kappa shape index (κ3) is 8.17. The summed E-state index contributed by atoms with van der Waals surface area (Å²) < 4.78 is 7.45. The maximum atomic E-state index is 11.2. The predicted molar refractivity (Wildman–Crippen MR) is 157 cm³/mol. The number of benzene rings is 2. The van der Waals surface area contributed by atoms with Crippen LogP contribution in [0.15, 0.2) is 70.7 Å². The van der Waals surface area contributed by atoms with Crippen LogP contribution in [0.4, 0.5) is 5.69 Å². The quantitative estimate of drug-likeness (QED) is 0.200. The van der Waals surface area contributed by atoms with Gasteiger partial charge in [0.05, 0.1) is 56.8 Å². The molecular formula is C31H41N3O3S+2. The van der Waals surface area contributed by atoms with E-state index in [1.165, 1.54) is 46.1 Å². The minimum atomic E-state index is -0.245. The second-order valence-corrected chi connectivity index (χ2v) is 11.4. The molecule has 0 atom stereocenters. The van der Waals surface area contributed by atoms with Crippen molar-refractivity contribution in [2.45, 2.75) is 44.6 Å². The molecule has 1 aliphatic heterocycles. The third-order valence-corrected chi connectivity index (χ3v) is 7.92. The molecule has 202 valence electrons. The lowest BCUT2D eigenvalue weighted by Gasteiger charge is -2.29. The number of aryl methyl sites for hydroxylation is 1. The summed E-state index contributed by atoms with van der Waals surface area (Å²) in [5, 5.41) is 2.54. The van der Waals surface area contributed by atoms with Crippen molar-refractivity contribution in [1.82, 2.24) is 0 Å². The van der Waals surface area contributed by atoms with Crippen molar-refractivity contribution in [1.29, 1.82) is 0 Å². The maximum absolute atomic E-state index is 11.2. The van der Waals surface area contributed by atoms with Crippen molar-refractivity contribution >= 4 is 46.2 Å². The van der Waals surface area contributed by atoms with E-state index in [4.69, 9.17) is 0 Å². The van der Waals surface area contributed by atoms with Crippen LogP contribution < -0.4 is 9.47 Å². The molecule has 0 unspecified atom stereocenters. The van der Waals surface area contributed by atoms with E-state index in [1.54, 1.807) is 6.92 Å². The molecule has 6 nitrogen and oxygen atoms in total. The molecule has 0 saturated heterocycles. The molecule has 2 aromatic carbocycles. The van der Waals surface area contributed by atoms with Gasteiger partial charge in [0, 0.05) is 43.8 Å². The minimum Gasteiger partial charge on any atom is -0.469 e. The summed E-state index contributed by atoms with van der Waals surface area (Å²) in [7, 11) is 8.03. The van der Waals surface area contributed by atoms with E-state index in [0.717, 1.165) is 37.0 Å². The van der Waals surface area contributed by atoms with Crippen LogP contribution in [0.3, 0.4) is 0 Å². The van der Waals surface area contributed by atoms with Gasteiger partial charge in [-0.2, -0.15) is 4.57 Å². The molecule has 0 bridgehead atoms. The molecule has 0 fully saturated rings. The number of pyridine rings is 1. The highest BCUT2D eigenvalue weighted by Crippen LogP contribution is 2.45. The van der Waals surface area contributed by atoms with Crippen LogP contribution in [-0.2, 0) is 20.9 Å². The van der Waals surface area contributed by atoms with Crippen LogP contribution >= 0.6 is 11.8 Å². The SMILES string of the molecule is CC(=O)CCC[N+](C)(C)CCC[n+]1ccc(/C=C2\Sc3ccccc3N2C)c2ccccc21.COC(C)=O. The summed E-state index contributed by atoms with van der Waals surface area (Å²) in [5.74, 6) is 0.0446. The zero-order chi connectivity index (χ0) is 27.7. The number of hydrogen-bond donors (Lipinski definition) is 0. The average molecular weight is 536 g/mol. The molecule has 4 rings (SSSR count). The maximum Gasteiger partial charge on any atom is 0.302 e. The number of para-hydroxylation sites is 2. The molecule has 38 heavy (non-hydrogen) atoms. The Balaban J connectivity index is 0.000000732. The largest absolute Gasteiger partial charge is 0.469 e. The van der Waals surface area contributed by atoms with Gasteiger partial charge in [-0.1, -0.05) is 36.0 Å². The number of Topliss-reactive ketones (excluding diaryl/α,β-unsaturated/α-hetero) is 1. The van der Waals surface area contributed by atoms with Crippen molar-refractivity contribution in [3.8, 4) is 0 Å². The minimum absolute atomic E-state index is 0.245. The topological polar surface area (TPSA) is 50.5 Å². The summed E-state index contributed by atoms with van der Waals surface area (Å²) in [4.78, 5) is 24.4. The number of anilines is 1. The number of thioether (sulfide) groups is 1. The second kappa shape index (κ2) is 13.6. The number of ether oxygens (including phenoxy) is 1. The smallest absolute Gasteiger partial charge is 0.302 e. The molecule has 0 amide bonds. The van der Waals surface area contributed by atoms with Crippen molar-refractivity contribution in [2.75, 3.05) is 46.2 Å². The average Bonchev–Trinajstić information content (AvgIpc) is 3.20. The number of carbonyl (C=O) groups excluding carboxylic acids is 2. The number of methoxy groups -OCH3 is 1. The monoisotopic (exact) mass is 535 g/mol. The molecule has 1 aromatic heterocycles. The molecule has 1 aliphatic rings. The Labute approximate surface area is 231 Å². The first kappa shape index (κ1) is 29.4. The zero-order valence-electron chi connectivity index (χ0n) is 23.6. The summed E-state index contributed by atoms with van der Waals surface area (Å²) in [5.41, 5.74) is 3.80. The molecule has 0 N–H and O–H groups in total. The number of rotatable bonds is 9. The lowest BCUT2D eigenvalue weighted by molar-refractivity contribution is -0.892. The standard InChI is InChI=1S/C28H35N3OS.C3H6O2/c1-22(32)11-9-19-31(3,4)20-10-17-30-18-16-23(24-12-5-6-13-25(24)30)21-28-29(2)26-14-7-8-15-27(26)33-28;1-3(4)5-2/h5-8,12-16,18,21H,9-11,17,19-20H2,1-4H3;1-2H3/q+2;. The van der Waals surface area contributed by atoms with E-state index >= 15 is 0 Å². The van der Waals surface area contributed by atoms with Gasteiger partial charge in [0.15, 0.2) is 12.7 Å². The van der Waals surface area contributed by atoms with E-state index in [2.05, 4.69) is 102 Å². The number of aromatic nitrogens is 1. The van der Waals surface area contributed by atoms with Gasteiger partial charge in [-0.25, -0.2) is 0 Å². The van der Waals surface area contributed by atoms with Crippen molar-refractivity contribution in [2.24, 2.45) is 0 Å². The van der Waals surface area contributed by atoms with Crippen molar-refractivity contribution < 1.29 is 23.4 Å². The molecule has 0 aliphatic carbocycles. The summed E-state index contributed by atoms with van der Waals surface area (Å²) in [6.45, 7) is 6.19. The normalized spacial score (nSPS) is 13.7. The second-order valence-electron chi connectivity index (χ2n) is 10.3. The first-order valence-electron chi connectivity index (χ1n) is 13.1. The number of nitrogens with zero attached hydrogens (tertiary/aromatic N) is 3. The highest BCUT2D eigenvalue weighted by Gasteiger charge is 2.22. The van der Waals surface area contributed by atoms with Gasteiger partial charge < -0.3 is 18.9 Å². The molecule has 0 radical (unpaired) electrons. The number of ketones is 1. The molecule has 7 heteroatoms. The first-order valence-corrected chi connectivity index (χ1v) is 13.9. The highest BCUT2D eigenvalue weighted by atomic mass is 32.2. The van der Waals surface area contributed by atoms with Gasteiger partial charge in [-0.05, 0) is 36.8 Å². The molecule has 0 spiro atoms. The Morgan fingerprint density at radius 1 is 1.00 bits per heavy atom. The van der Waals surface area contributed by atoms with E-state index in [-0.39, 0.29) is 11.8 Å². The van der Waals surface area contributed by atoms with Gasteiger partial charge in [-0.15, -0.1) is 0 Å². The van der Waals surface area contributed by atoms with E-state index in [0.29, 0.717) is 6.42 Å². The van der Waals surface area contributed by atoms with Crippen molar-refractivity contribution in [3.63, 3.8) is 0 Å². The Bertz CT molecular complexity index is 1300. The van der Waals surface area contributed by atoms with Gasteiger partial charge >= 0.3 is 5.97 Å². The Kier molecular flexibility index (Phi) is 10.5. The van der Waals surface area contributed by atoms with Crippen LogP contribution in [0.1, 0.15) is 38.7 Å². The Hall–Kier alpha value is -3.16. The van der Waals surface area contributed by atoms with E-state index in [9.17, 15) is 9.59 Å². The fourth-order valence-electron chi connectivity index (χ4n) is 4.55. The molecule has 0 saturated carbocycles. The fraction of sp³-hybridized carbons (Fsp3) is 0.387. The highest BCUT2D eigenvalue weighted by molar-refractivity contribution is 8.03. The zero-order valence-corrected chi connectivity index (χ0v) is 24.4. The van der Waals surface area contributed by atoms with Crippen LogP contribution in [0.2, 0.25) is 0 Å². The van der Waals surface area contributed by atoms with Gasteiger partial charge in [0.2, 0.25) is 5.52 Å². The summed E-state index contributed by atoms with van der Waals surface area (Å²) in [6, 6.07) is 19.5. The lowest BCUT2D eigenvalue weighted by atomic mass is 10.1. The molecule has 2 heterocycles. The van der Waals surface area contributed by atoms with Gasteiger partial charge in [-0.3, -0.25) is 4.79 Å². The third-order valence-electron chi connectivity index (χ3n) is 6.75. The van der Waals surface area contributed by atoms with Gasteiger partial charge in [0.25, 0.3) is 0 Å². The van der Waals surface area contributed by atoms with Gasteiger partial charge in [0.1, 0.15) is 5.78 Å². The molecule has 3 aromatic rings. The Morgan fingerprint density at radius 2 is 1.66 bits per heavy atom. The molecular weight excluding hydrogens is 494 g/mol. The number of esters is 1. The van der Waals surface area contributed by atoms with Crippen LogP contribution in [0, 0.1) is 0 Å². The summed E-state index contributed by atoms with van der Waals surface area (Å²) in [6.07, 6.45) is 7.31. The number of carbonyl (C=O) groups is 2. The number of fused-ring (bicyclic) bond motifs is 2. The Morgan fingerprint density at radius 3 is 2.34 bits per heavy atom. The van der Waals surface area contributed by atoms with E-state index in [1.807, 2.05) is 11.8 Å². The summed E-state index contributed by atoms with van der Waals surface area (Å²) >= 11 is 1.83. The number of quaternary nitrogens is 1. The predicted octanol–water partition coefficient (Wildman–Crippen LogP) is 5.68. The van der Waals surface area contributed by atoms with E-state index < -0.39 is 0 Å². The van der Waals surface area contributed by atoms with Crippen LogP contribution in [0.25, 0.3) is 17.0 Å². The van der Waals surface area contributed by atoms with Crippen LogP contribution in [0.5, 0.6) is 0 Å². The fourth-order valence-corrected chi connectivity index (χ4v) is 5.65. The lowest BCUT2D eigenvalue weighted by Crippen LogP contribution is -2.44. The first-order chi connectivity index (χ1) is 18.1.